The Balaban J connectivity index is 1.69. The monoisotopic (exact) mass is 498 g/mol. The van der Waals surface area contributed by atoms with Crippen LogP contribution in [0.25, 0.3) is 0 Å². The fraction of sp³-hybridized carbons (Fsp3) is 0.208. The second-order valence-corrected chi connectivity index (χ2v) is 8.55. The Morgan fingerprint density at radius 1 is 1.00 bits per heavy atom. The lowest BCUT2D eigenvalue weighted by atomic mass is 10.0. The minimum Gasteiger partial charge on any atom is -0.494 e. The summed E-state index contributed by atoms with van der Waals surface area (Å²) < 4.78 is 7.43. The molecule has 0 atom stereocenters. The lowest BCUT2D eigenvalue weighted by Crippen LogP contribution is -2.45. The Labute approximate surface area is 205 Å². The first-order valence-corrected chi connectivity index (χ1v) is 10.7. The van der Waals surface area contributed by atoms with Gasteiger partial charge in [0.2, 0.25) is 5.88 Å². The van der Waals surface area contributed by atoms with Crippen molar-refractivity contribution in [2.75, 3.05) is 0 Å². The average Bonchev–Trinajstić information content (AvgIpc) is 2.83. The SMILES string of the molecule is Cn1c(O)c(C=NNC(=O)C(C)(C)Oc2ccc(C(=O)c3ccc(Cl)cc3)cc2)c(=O)n(C)c1=O. The molecule has 10 nitrogen and oxygen atoms in total. The summed E-state index contributed by atoms with van der Waals surface area (Å²) >= 11 is 5.86. The van der Waals surface area contributed by atoms with E-state index in [4.69, 9.17) is 16.3 Å². The first-order chi connectivity index (χ1) is 16.4. The number of carbonyl (C=O) groups excluding carboxylic acids is 2. The zero-order chi connectivity index (χ0) is 25.9. The van der Waals surface area contributed by atoms with Gasteiger partial charge in [0.05, 0.1) is 6.21 Å². The van der Waals surface area contributed by atoms with Crippen LogP contribution < -0.4 is 21.4 Å². The third-order valence-corrected chi connectivity index (χ3v) is 5.42. The number of ketones is 1. The fourth-order valence-corrected chi connectivity index (χ4v) is 3.17. The number of nitrogens with zero attached hydrogens (tertiary/aromatic N) is 3. The minimum absolute atomic E-state index is 0.188. The molecule has 1 amide bonds. The Hall–Kier alpha value is -4.18. The van der Waals surface area contributed by atoms with Gasteiger partial charge < -0.3 is 9.84 Å². The third-order valence-electron chi connectivity index (χ3n) is 5.17. The van der Waals surface area contributed by atoms with Crippen LogP contribution in [-0.4, -0.2) is 37.7 Å². The molecule has 11 heteroatoms. The lowest BCUT2D eigenvalue weighted by Gasteiger charge is -2.24. The number of rotatable bonds is 7. The van der Waals surface area contributed by atoms with E-state index in [0.717, 1.165) is 15.3 Å². The number of carbonyl (C=O) groups is 2. The standard InChI is InChI=1S/C24H23ClN4O6/c1-24(2,22(33)27-26-13-18-20(31)28(3)23(34)29(4)21(18)32)35-17-11-7-15(8-12-17)19(30)14-5-9-16(25)10-6-14/h5-13,31H,1-4H3,(H,27,33). The van der Waals surface area contributed by atoms with E-state index in [0.29, 0.717) is 21.9 Å². The van der Waals surface area contributed by atoms with Gasteiger partial charge >= 0.3 is 5.69 Å². The van der Waals surface area contributed by atoms with Gasteiger partial charge in [-0.3, -0.25) is 23.5 Å². The molecule has 0 saturated carbocycles. The Bertz CT molecular complexity index is 1420. The van der Waals surface area contributed by atoms with Crippen molar-refractivity contribution in [2.24, 2.45) is 19.2 Å². The summed E-state index contributed by atoms with van der Waals surface area (Å²) in [6.07, 6.45) is 0.947. The minimum atomic E-state index is -1.38. The molecule has 0 unspecified atom stereocenters. The Morgan fingerprint density at radius 2 is 1.54 bits per heavy atom. The van der Waals surface area contributed by atoms with E-state index in [9.17, 15) is 24.3 Å². The van der Waals surface area contributed by atoms with Gasteiger partial charge in [0, 0.05) is 30.2 Å². The quantitative estimate of drug-likeness (QED) is 0.291. The second kappa shape index (κ2) is 9.98. The van der Waals surface area contributed by atoms with Crippen molar-refractivity contribution in [1.82, 2.24) is 14.6 Å². The van der Waals surface area contributed by atoms with E-state index < -0.39 is 28.6 Å². The molecular formula is C24H23ClN4O6. The molecule has 0 fully saturated rings. The number of hydrogen-bond acceptors (Lipinski definition) is 7. The highest BCUT2D eigenvalue weighted by atomic mass is 35.5. The average molecular weight is 499 g/mol. The molecule has 2 N–H and O–H groups in total. The van der Waals surface area contributed by atoms with E-state index >= 15 is 0 Å². The van der Waals surface area contributed by atoms with E-state index in [1.807, 2.05) is 0 Å². The lowest BCUT2D eigenvalue weighted by molar-refractivity contribution is -0.134. The van der Waals surface area contributed by atoms with Gasteiger partial charge in [0.15, 0.2) is 11.4 Å². The molecule has 2 aromatic carbocycles. The largest absolute Gasteiger partial charge is 0.494 e. The fourth-order valence-electron chi connectivity index (χ4n) is 3.05. The van der Waals surface area contributed by atoms with Crippen LogP contribution in [0.1, 0.15) is 35.3 Å². The summed E-state index contributed by atoms with van der Waals surface area (Å²) in [5, 5.41) is 14.3. The number of hydrogen-bond donors (Lipinski definition) is 2. The summed E-state index contributed by atoms with van der Waals surface area (Å²) in [6.45, 7) is 3.01. The Morgan fingerprint density at radius 3 is 2.11 bits per heavy atom. The molecule has 0 aliphatic rings. The maximum atomic E-state index is 12.6. The third kappa shape index (κ3) is 5.49. The van der Waals surface area contributed by atoms with Crippen molar-refractivity contribution >= 4 is 29.5 Å². The predicted octanol–water partition coefficient (Wildman–Crippen LogP) is 1.98. The number of nitrogens with one attached hydrogen (secondary N) is 1. The van der Waals surface area contributed by atoms with Gasteiger partial charge in [-0.25, -0.2) is 10.2 Å². The smallest absolute Gasteiger partial charge is 0.333 e. The molecular weight excluding hydrogens is 476 g/mol. The van der Waals surface area contributed by atoms with Crippen LogP contribution in [0, 0.1) is 0 Å². The molecule has 0 radical (unpaired) electrons. The summed E-state index contributed by atoms with van der Waals surface area (Å²) in [5.41, 5.74) is 0.0469. The predicted molar refractivity (Wildman–Crippen MR) is 130 cm³/mol. The number of benzene rings is 2. The van der Waals surface area contributed by atoms with Crippen LogP contribution in [0.15, 0.2) is 63.2 Å². The highest BCUT2D eigenvalue weighted by molar-refractivity contribution is 6.30. The van der Waals surface area contributed by atoms with Gasteiger partial charge in [-0.05, 0) is 62.4 Å². The van der Waals surface area contributed by atoms with Gasteiger partial charge in [-0.1, -0.05) is 11.6 Å². The van der Waals surface area contributed by atoms with Crippen LogP contribution in [0.5, 0.6) is 11.6 Å². The van der Waals surface area contributed by atoms with E-state index in [2.05, 4.69) is 10.5 Å². The number of ether oxygens (including phenoxy) is 1. The summed E-state index contributed by atoms with van der Waals surface area (Å²) in [4.78, 5) is 49.2. The number of aromatic nitrogens is 2. The van der Waals surface area contributed by atoms with Crippen molar-refractivity contribution in [2.45, 2.75) is 19.4 Å². The zero-order valence-corrected chi connectivity index (χ0v) is 20.2. The normalized spacial score (nSPS) is 11.5. The topological polar surface area (TPSA) is 132 Å². The first-order valence-electron chi connectivity index (χ1n) is 10.3. The van der Waals surface area contributed by atoms with Gasteiger partial charge in [0.1, 0.15) is 11.3 Å². The highest BCUT2D eigenvalue weighted by Crippen LogP contribution is 2.21. The first kappa shape index (κ1) is 25.4. The van der Waals surface area contributed by atoms with Crippen molar-refractivity contribution in [3.05, 3.63) is 91.1 Å². The maximum Gasteiger partial charge on any atom is 0.333 e. The molecule has 182 valence electrons. The van der Waals surface area contributed by atoms with Crippen molar-refractivity contribution in [1.29, 1.82) is 0 Å². The molecule has 0 aliphatic heterocycles. The van der Waals surface area contributed by atoms with Crippen molar-refractivity contribution in [3.63, 3.8) is 0 Å². The second-order valence-electron chi connectivity index (χ2n) is 8.11. The number of aromatic hydroxyl groups is 1. The molecule has 35 heavy (non-hydrogen) atoms. The van der Waals surface area contributed by atoms with Crippen LogP contribution in [0.3, 0.4) is 0 Å². The number of halogens is 1. The van der Waals surface area contributed by atoms with Crippen LogP contribution >= 0.6 is 11.6 Å². The molecule has 0 bridgehead atoms. The van der Waals surface area contributed by atoms with Gasteiger partial charge in [0.25, 0.3) is 11.5 Å². The van der Waals surface area contributed by atoms with Crippen LogP contribution in [-0.2, 0) is 18.9 Å². The van der Waals surface area contributed by atoms with Gasteiger partial charge in [-0.15, -0.1) is 0 Å². The zero-order valence-electron chi connectivity index (χ0n) is 19.4. The van der Waals surface area contributed by atoms with Gasteiger partial charge in [-0.2, -0.15) is 5.10 Å². The van der Waals surface area contributed by atoms with Crippen molar-refractivity contribution < 1.29 is 19.4 Å². The van der Waals surface area contributed by atoms with Crippen LogP contribution in [0.4, 0.5) is 0 Å². The molecule has 3 aromatic rings. The summed E-state index contributed by atoms with van der Waals surface area (Å²) in [6, 6.07) is 12.8. The van der Waals surface area contributed by atoms with E-state index in [-0.39, 0.29) is 11.3 Å². The highest BCUT2D eigenvalue weighted by Gasteiger charge is 2.30. The number of amides is 1. The molecule has 0 saturated heterocycles. The molecule has 0 aliphatic carbocycles. The molecule has 1 aromatic heterocycles. The van der Waals surface area contributed by atoms with E-state index in [1.54, 1.807) is 48.5 Å². The maximum absolute atomic E-state index is 12.6. The Kier molecular flexibility index (Phi) is 7.25. The molecule has 3 rings (SSSR count). The van der Waals surface area contributed by atoms with Crippen molar-refractivity contribution in [3.8, 4) is 11.6 Å². The number of hydrazone groups is 1. The summed E-state index contributed by atoms with van der Waals surface area (Å²) in [7, 11) is 2.55. The molecule has 1 heterocycles. The van der Waals surface area contributed by atoms with Crippen LogP contribution in [0.2, 0.25) is 5.02 Å². The molecule has 0 spiro atoms. The summed E-state index contributed by atoms with van der Waals surface area (Å²) in [5.74, 6) is -1.07. The van der Waals surface area contributed by atoms with E-state index in [1.165, 1.54) is 27.9 Å².